The van der Waals surface area contributed by atoms with Gasteiger partial charge in [0.25, 0.3) is 0 Å². The lowest BCUT2D eigenvalue weighted by Gasteiger charge is -2.26. The first-order chi connectivity index (χ1) is 12.5. The summed E-state index contributed by atoms with van der Waals surface area (Å²) in [5, 5.41) is 3.03. The number of amides is 1. The van der Waals surface area contributed by atoms with Crippen molar-refractivity contribution in [1.29, 1.82) is 0 Å². The van der Waals surface area contributed by atoms with Crippen LogP contribution in [0, 0.1) is 0 Å². The molecule has 0 unspecified atom stereocenters. The quantitative estimate of drug-likeness (QED) is 0.665. The molecule has 8 heteroatoms. The van der Waals surface area contributed by atoms with Gasteiger partial charge in [0, 0.05) is 6.04 Å². The van der Waals surface area contributed by atoms with Crippen LogP contribution >= 0.6 is 11.8 Å². The summed E-state index contributed by atoms with van der Waals surface area (Å²) in [5.74, 6) is 1.05. The van der Waals surface area contributed by atoms with E-state index in [-0.39, 0.29) is 16.8 Å². The van der Waals surface area contributed by atoms with Gasteiger partial charge in [-0.15, -0.1) is 0 Å². The summed E-state index contributed by atoms with van der Waals surface area (Å²) in [6, 6.07) is 5.52. The van der Waals surface area contributed by atoms with Crippen LogP contribution in [0.1, 0.15) is 38.5 Å². The van der Waals surface area contributed by atoms with Crippen molar-refractivity contribution in [2.45, 2.75) is 55.5 Å². The van der Waals surface area contributed by atoms with Crippen molar-refractivity contribution in [3.8, 4) is 5.75 Å². The van der Waals surface area contributed by atoms with Crippen molar-refractivity contribution in [2.24, 2.45) is 0 Å². The smallest absolute Gasteiger partial charge is 0.241 e. The summed E-state index contributed by atoms with van der Waals surface area (Å²) in [4.78, 5) is 12.8. The van der Waals surface area contributed by atoms with Gasteiger partial charge in [-0.05, 0) is 55.5 Å². The maximum Gasteiger partial charge on any atom is 0.241 e. The van der Waals surface area contributed by atoms with E-state index in [0.29, 0.717) is 17.9 Å². The summed E-state index contributed by atoms with van der Waals surface area (Å²) >= 11 is 1.59. The van der Waals surface area contributed by atoms with Crippen molar-refractivity contribution in [3.05, 3.63) is 24.3 Å². The molecule has 2 N–H and O–H groups in total. The molecule has 0 radical (unpaired) electrons. The minimum Gasteiger partial charge on any atom is -0.497 e. The van der Waals surface area contributed by atoms with Crippen LogP contribution in [0.3, 0.4) is 0 Å². The molecule has 6 nitrogen and oxygen atoms in total. The number of methoxy groups -OCH3 is 1. The van der Waals surface area contributed by atoms with Crippen molar-refractivity contribution < 1.29 is 17.9 Å². The molecule has 2 rings (SSSR count). The van der Waals surface area contributed by atoms with Gasteiger partial charge < -0.3 is 10.1 Å². The summed E-state index contributed by atoms with van der Waals surface area (Å²) in [6.07, 6.45) is 7.74. The topological polar surface area (TPSA) is 84.5 Å². The van der Waals surface area contributed by atoms with Crippen LogP contribution in [-0.2, 0) is 14.8 Å². The highest BCUT2D eigenvalue weighted by molar-refractivity contribution is 7.98. The second kappa shape index (κ2) is 10.2. The fraction of sp³-hybridized carbons (Fsp3) is 0.611. The molecule has 0 saturated heterocycles. The second-order valence-electron chi connectivity index (χ2n) is 6.47. The molecule has 0 aromatic heterocycles. The maximum atomic E-state index is 12.7. The van der Waals surface area contributed by atoms with Crippen LogP contribution in [0.2, 0.25) is 0 Å². The Morgan fingerprint density at radius 2 is 1.88 bits per heavy atom. The average molecular weight is 401 g/mol. The molecule has 26 heavy (non-hydrogen) atoms. The number of rotatable bonds is 9. The third-order valence-corrected chi connectivity index (χ3v) is 6.68. The Morgan fingerprint density at radius 3 is 2.46 bits per heavy atom. The largest absolute Gasteiger partial charge is 0.497 e. The molecule has 1 aliphatic carbocycles. The van der Waals surface area contributed by atoms with Gasteiger partial charge in [-0.2, -0.15) is 16.5 Å². The van der Waals surface area contributed by atoms with E-state index in [2.05, 4.69) is 10.0 Å². The van der Waals surface area contributed by atoms with Gasteiger partial charge >= 0.3 is 0 Å². The molecule has 1 amide bonds. The zero-order valence-electron chi connectivity index (χ0n) is 15.4. The minimum absolute atomic E-state index is 0.123. The van der Waals surface area contributed by atoms with E-state index in [1.807, 2.05) is 6.26 Å². The number of hydrogen-bond acceptors (Lipinski definition) is 5. The number of thioether (sulfide) groups is 1. The van der Waals surface area contributed by atoms with Crippen LogP contribution in [0.25, 0.3) is 0 Å². The lowest BCUT2D eigenvalue weighted by molar-refractivity contribution is -0.123. The molecular formula is C18H28N2O4S2. The van der Waals surface area contributed by atoms with Crippen LogP contribution in [0.15, 0.2) is 29.2 Å². The lowest BCUT2D eigenvalue weighted by atomic mass is 9.95. The highest BCUT2D eigenvalue weighted by atomic mass is 32.2. The summed E-state index contributed by atoms with van der Waals surface area (Å²) in [6.45, 7) is 0. The second-order valence-corrected chi connectivity index (χ2v) is 9.17. The number of nitrogens with one attached hydrogen (secondary N) is 2. The van der Waals surface area contributed by atoms with Gasteiger partial charge in [0.2, 0.25) is 15.9 Å². The molecular weight excluding hydrogens is 372 g/mol. The van der Waals surface area contributed by atoms with Crippen LogP contribution in [-0.4, -0.2) is 45.5 Å². The first-order valence-electron chi connectivity index (χ1n) is 8.92. The fourth-order valence-electron chi connectivity index (χ4n) is 3.04. The van der Waals surface area contributed by atoms with Crippen molar-refractivity contribution >= 4 is 27.7 Å². The first-order valence-corrected chi connectivity index (χ1v) is 11.8. The van der Waals surface area contributed by atoms with E-state index in [1.165, 1.54) is 25.7 Å². The van der Waals surface area contributed by atoms with E-state index in [4.69, 9.17) is 4.74 Å². The Bertz CT molecular complexity index is 671. The van der Waals surface area contributed by atoms with Gasteiger partial charge in [0.05, 0.1) is 12.0 Å². The SMILES string of the molecule is COc1ccc(S(=O)(=O)N[C@H](CCSC)C(=O)NC2CCCCC2)cc1. The molecule has 0 aliphatic heterocycles. The van der Waals surface area contributed by atoms with E-state index in [0.717, 1.165) is 25.7 Å². The Morgan fingerprint density at radius 1 is 1.23 bits per heavy atom. The molecule has 1 saturated carbocycles. The highest BCUT2D eigenvalue weighted by Gasteiger charge is 2.27. The number of benzene rings is 1. The fourth-order valence-corrected chi connectivity index (χ4v) is 4.74. The van der Waals surface area contributed by atoms with E-state index < -0.39 is 16.1 Å². The molecule has 1 aromatic rings. The van der Waals surface area contributed by atoms with Crippen molar-refractivity contribution in [2.75, 3.05) is 19.1 Å². The molecule has 1 aromatic carbocycles. The number of carbonyl (C=O) groups is 1. The monoisotopic (exact) mass is 400 g/mol. The summed E-state index contributed by atoms with van der Waals surface area (Å²) in [5.41, 5.74) is 0. The van der Waals surface area contributed by atoms with E-state index >= 15 is 0 Å². The predicted molar refractivity (Wildman–Crippen MR) is 105 cm³/mol. The molecule has 1 fully saturated rings. The zero-order chi connectivity index (χ0) is 19.0. The lowest BCUT2D eigenvalue weighted by Crippen LogP contribution is -2.50. The van der Waals surface area contributed by atoms with Crippen LogP contribution in [0.4, 0.5) is 0 Å². The Labute approximate surface area is 160 Å². The minimum atomic E-state index is -3.78. The Balaban J connectivity index is 2.07. The van der Waals surface area contributed by atoms with Gasteiger partial charge in [0.15, 0.2) is 0 Å². The highest BCUT2D eigenvalue weighted by Crippen LogP contribution is 2.19. The van der Waals surface area contributed by atoms with Crippen LogP contribution < -0.4 is 14.8 Å². The van der Waals surface area contributed by atoms with Crippen molar-refractivity contribution in [3.63, 3.8) is 0 Å². The van der Waals surface area contributed by atoms with E-state index in [9.17, 15) is 13.2 Å². The Hall–Kier alpha value is -1.25. The van der Waals surface area contributed by atoms with Crippen LogP contribution in [0.5, 0.6) is 5.75 Å². The van der Waals surface area contributed by atoms with E-state index in [1.54, 1.807) is 23.9 Å². The van der Waals surface area contributed by atoms with Crippen molar-refractivity contribution in [1.82, 2.24) is 10.0 Å². The molecule has 0 heterocycles. The average Bonchev–Trinajstić information content (AvgIpc) is 2.65. The summed E-state index contributed by atoms with van der Waals surface area (Å²) < 4.78 is 33.0. The zero-order valence-corrected chi connectivity index (χ0v) is 17.0. The molecule has 1 atom stereocenters. The maximum absolute atomic E-state index is 12.7. The Kier molecular flexibility index (Phi) is 8.24. The summed E-state index contributed by atoms with van der Waals surface area (Å²) in [7, 11) is -2.25. The first kappa shape index (κ1) is 21.1. The number of ether oxygens (including phenoxy) is 1. The number of sulfonamides is 1. The standard InChI is InChI=1S/C18H28N2O4S2/c1-24-15-8-10-16(11-9-15)26(22,23)20-17(12-13-25-2)18(21)19-14-6-4-3-5-7-14/h8-11,14,17,20H,3-7,12-13H2,1-2H3,(H,19,21)/t17-/m1/s1. The predicted octanol–water partition coefficient (Wildman–Crippen LogP) is 2.54. The normalized spacial score (nSPS) is 16.8. The van der Waals surface area contributed by atoms with Gasteiger partial charge in [-0.25, -0.2) is 8.42 Å². The molecule has 0 bridgehead atoms. The number of hydrogen-bond donors (Lipinski definition) is 2. The van der Waals surface area contributed by atoms with Gasteiger partial charge in [-0.3, -0.25) is 4.79 Å². The third-order valence-electron chi connectivity index (χ3n) is 4.55. The third kappa shape index (κ3) is 6.17. The molecule has 146 valence electrons. The molecule has 1 aliphatic rings. The number of carbonyl (C=O) groups excluding carboxylic acids is 1. The van der Waals surface area contributed by atoms with Gasteiger partial charge in [0.1, 0.15) is 11.8 Å². The molecule has 0 spiro atoms. The van der Waals surface area contributed by atoms with Gasteiger partial charge in [-0.1, -0.05) is 19.3 Å².